The van der Waals surface area contributed by atoms with Gasteiger partial charge in [0.2, 0.25) is 5.91 Å². The zero-order valence-corrected chi connectivity index (χ0v) is 16.9. The van der Waals surface area contributed by atoms with Gasteiger partial charge in [-0.1, -0.05) is 17.7 Å². The summed E-state index contributed by atoms with van der Waals surface area (Å²) in [6.45, 7) is 3.97. The summed E-state index contributed by atoms with van der Waals surface area (Å²) in [6, 6.07) is 12.2. The molecular formula is C19H23ClN2O2S2. The summed E-state index contributed by atoms with van der Waals surface area (Å²) in [5.74, 6) is 0.857. The van der Waals surface area contributed by atoms with Crippen LogP contribution in [-0.2, 0) is 9.53 Å². The number of hydrogen-bond acceptors (Lipinski definition) is 5. The van der Waals surface area contributed by atoms with E-state index in [-0.39, 0.29) is 11.9 Å². The maximum atomic E-state index is 12.3. The molecule has 0 radical (unpaired) electrons. The zero-order valence-electron chi connectivity index (χ0n) is 14.5. The number of amides is 1. The summed E-state index contributed by atoms with van der Waals surface area (Å²) in [5, 5.41) is 5.94. The molecule has 1 amide bonds. The molecule has 1 atom stereocenters. The van der Waals surface area contributed by atoms with Gasteiger partial charge in [-0.15, -0.1) is 23.1 Å². The highest BCUT2D eigenvalue weighted by Gasteiger charge is 2.23. The summed E-state index contributed by atoms with van der Waals surface area (Å²) in [5.41, 5.74) is 0. The van der Waals surface area contributed by atoms with E-state index in [1.54, 1.807) is 23.1 Å². The number of thiophene rings is 1. The minimum atomic E-state index is 0.0984. The number of rotatable bonds is 8. The van der Waals surface area contributed by atoms with Crippen molar-refractivity contribution in [2.45, 2.75) is 17.4 Å². The quantitative estimate of drug-likeness (QED) is 0.666. The van der Waals surface area contributed by atoms with Crippen LogP contribution in [0.1, 0.15) is 17.3 Å². The smallest absolute Gasteiger partial charge is 0.220 e. The zero-order chi connectivity index (χ0) is 18.2. The molecule has 1 aliphatic heterocycles. The van der Waals surface area contributed by atoms with Gasteiger partial charge < -0.3 is 10.1 Å². The summed E-state index contributed by atoms with van der Waals surface area (Å²) in [4.78, 5) is 17.1. The van der Waals surface area contributed by atoms with Crippen LogP contribution in [0.5, 0.6) is 0 Å². The van der Waals surface area contributed by atoms with Crippen molar-refractivity contribution in [1.29, 1.82) is 0 Å². The van der Waals surface area contributed by atoms with Crippen LogP contribution in [0.4, 0.5) is 0 Å². The summed E-state index contributed by atoms with van der Waals surface area (Å²) in [6.07, 6.45) is 0.508. The van der Waals surface area contributed by atoms with Crippen LogP contribution in [0.15, 0.2) is 46.7 Å². The van der Waals surface area contributed by atoms with Crippen LogP contribution in [0, 0.1) is 0 Å². The predicted molar refractivity (Wildman–Crippen MR) is 109 cm³/mol. The number of carbonyl (C=O) groups excluding carboxylic acids is 1. The number of morpholine rings is 1. The molecule has 1 aromatic heterocycles. The lowest BCUT2D eigenvalue weighted by molar-refractivity contribution is -0.121. The molecular weight excluding hydrogens is 388 g/mol. The van der Waals surface area contributed by atoms with Crippen molar-refractivity contribution >= 4 is 40.6 Å². The van der Waals surface area contributed by atoms with Gasteiger partial charge in [-0.05, 0) is 35.7 Å². The fourth-order valence-corrected chi connectivity index (χ4v) is 4.71. The molecule has 3 rings (SSSR count). The minimum Gasteiger partial charge on any atom is -0.379 e. The molecule has 26 heavy (non-hydrogen) atoms. The van der Waals surface area contributed by atoms with Gasteiger partial charge in [0, 0.05) is 46.6 Å². The second kappa shape index (κ2) is 10.3. The molecule has 1 fully saturated rings. The Morgan fingerprint density at radius 2 is 2.04 bits per heavy atom. The summed E-state index contributed by atoms with van der Waals surface area (Å²) >= 11 is 9.31. The molecule has 0 aliphatic carbocycles. The normalized spacial score (nSPS) is 16.3. The van der Waals surface area contributed by atoms with Gasteiger partial charge in [0.1, 0.15) is 0 Å². The van der Waals surface area contributed by atoms with Crippen LogP contribution in [-0.4, -0.2) is 49.4 Å². The number of nitrogens with zero attached hydrogens (tertiary/aromatic N) is 1. The van der Waals surface area contributed by atoms with E-state index in [1.807, 2.05) is 24.3 Å². The SMILES string of the molecule is O=C(CCSc1ccc(Cl)cc1)NCC(c1cccs1)N1CCOCC1. The van der Waals surface area contributed by atoms with Crippen molar-refractivity contribution in [2.75, 3.05) is 38.6 Å². The first-order valence-corrected chi connectivity index (χ1v) is 11.0. The van der Waals surface area contributed by atoms with Gasteiger partial charge in [-0.2, -0.15) is 0 Å². The van der Waals surface area contributed by atoms with Crippen LogP contribution >= 0.6 is 34.7 Å². The lowest BCUT2D eigenvalue weighted by Crippen LogP contribution is -2.43. The van der Waals surface area contributed by atoms with Gasteiger partial charge in [0.15, 0.2) is 0 Å². The molecule has 4 nitrogen and oxygen atoms in total. The number of nitrogens with one attached hydrogen (secondary N) is 1. The molecule has 7 heteroatoms. The lowest BCUT2D eigenvalue weighted by Gasteiger charge is -2.34. The van der Waals surface area contributed by atoms with Crippen molar-refractivity contribution in [1.82, 2.24) is 10.2 Å². The molecule has 1 unspecified atom stereocenters. The minimum absolute atomic E-state index is 0.0984. The second-order valence-electron chi connectivity index (χ2n) is 6.04. The topological polar surface area (TPSA) is 41.6 Å². The van der Waals surface area contributed by atoms with E-state index in [2.05, 4.69) is 27.7 Å². The number of hydrogen-bond donors (Lipinski definition) is 1. The molecule has 2 heterocycles. The molecule has 1 aromatic carbocycles. The maximum Gasteiger partial charge on any atom is 0.220 e. The highest BCUT2D eigenvalue weighted by molar-refractivity contribution is 7.99. The summed E-state index contributed by atoms with van der Waals surface area (Å²) in [7, 11) is 0. The number of thioether (sulfide) groups is 1. The first-order chi connectivity index (χ1) is 12.7. The van der Waals surface area contributed by atoms with Gasteiger partial charge in [0.25, 0.3) is 0 Å². The monoisotopic (exact) mass is 410 g/mol. The maximum absolute atomic E-state index is 12.3. The Bertz CT molecular complexity index is 673. The molecule has 2 aromatic rings. The Morgan fingerprint density at radius 3 is 2.73 bits per heavy atom. The number of carbonyl (C=O) groups is 1. The van der Waals surface area contributed by atoms with Crippen molar-refractivity contribution in [3.63, 3.8) is 0 Å². The first-order valence-electron chi connectivity index (χ1n) is 8.72. The Balaban J connectivity index is 1.45. The van der Waals surface area contributed by atoms with Crippen molar-refractivity contribution < 1.29 is 9.53 Å². The standard InChI is InChI=1S/C19H23ClN2O2S2/c20-15-3-5-16(6-4-15)25-13-7-19(23)21-14-17(18-2-1-12-26-18)22-8-10-24-11-9-22/h1-6,12,17H,7-11,13-14H2,(H,21,23). The van der Waals surface area contributed by atoms with E-state index in [9.17, 15) is 4.79 Å². The Kier molecular flexibility index (Phi) is 7.83. The van der Waals surface area contributed by atoms with Crippen LogP contribution in [0.25, 0.3) is 0 Å². The molecule has 0 saturated carbocycles. The van der Waals surface area contributed by atoms with Gasteiger partial charge in [0.05, 0.1) is 19.3 Å². The van der Waals surface area contributed by atoms with E-state index in [0.717, 1.165) is 42.0 Å². The summed E-state index contributed by atoms with van der Waals surface area (Å²) < 4.78 is 5.46. The molecule has 0 bridgehead atoms. The molecule has 140 valence electrons. The van der Waals surface area contributed by atoms with E-state index in [4.69, 9.17) is 16.3 Å². The fraction of sp³-hybridized carbons (Fsp3) is 0.421. The average Bonchev–Trinajstić information content (AvgIpc) is 3.19. The first kappa shape index (κ1) is 19.7. The molecule has 1 N–H and O–H groups in total. The van der Waals surface area contributed by atoms with Crippen LogP contribution in [0.3, 0.4) is 0 Å². The number of halogens is 1. The predicted octanol–water partition coefficient (Wildman–Crippen LogP) is 4.07. The lowest BCUT2D eigenvalue weighted by atomic mass is 10.2. The Morgan fingerprint density at radius 1 is 1.27 bits per heavy atom. The van der Waals surface area contributed by atoms with Crippen LogP contribution < -0.4 is 5.32 Å². The van der Waals surface area contributed by atoms with Crippen molar-refractivity contribution in [3.8, 4) is 0 Å². The molecule has 1 saturated heterocycles. The average molecular weight is 411 g/mol. The van der Waals surface area contributed by atoms with E-state index in [0.29, 0.717) is 13.0 Å². The molecule has 0 spiro atoms. The highest BCUT2D eigenvalue weighted by Crippen LogP contribution is 2.25. The van der Waals surface area contributed by atoms with Gasteiger partial charge in [-0.3, -0.25) is 9.69 Å². The Hall–Kier alpha value is -1.05. The van der Waals surface area contributed by atoms with Gasteiger partial charge >= 0.3 is 0 Å². The number of benzene rings is 1. The highest BCUT2D eigenvalue weighted by atomic mass is 35.5. The van der Waals surface area contributed by atoms with E-state index >= 15 is 0 Å². The van der Waals surface area contributed by atoms with E-state index in [1.165, 1.54) is 4.88 Å². The largest absolute Gasteiger partial charge is 0.379 e. The Labute approximate surface area is 167 Å². The van der Waals surface area contributed by atoms with Gasteiger partial charge in [-0.25, -0.2) is 0 Å². The molecule has 1 aliphatic rings. The fourth-order valence-electron chi connectivity index (χ4n) is 2.87. The third-order valence-electron chi connectivity index (χ3n) is 4.26. The third-order valence-corrected chi connectivity index (χ3v) is 6.50. The van der Waals surface area contributed by atoms with Crippen molar-refractivity contribution in [2.24, 2.45) is 0 Å². The second-order valence-corrected chi connectivity index (χ2v) is 8.62. The van der Waals surface area contributed by atoms with E-state index < -0.39 is 0 Å². The number of ether oxygens (including phenoxy) is 1. The van der Waals surface area contributed by atoms with Crippen molar-refractivity contribution in [3.05, 3.63) is 51.7 Å². The third kappa shape index (κ3) is 5.99. The van der Waals surface area contributed by atoms with Crippen LogP contribution in [0.2, 0.25) is 5.02 Å².